The summed E-state index contributed by atoms with van der Waals surface area (Å²) in [6.45, 7) is 11.7. The van der Waals surface area contributed by atoms with E-state index in [0.29, 0.717) is 31.8 Å². The van der Waals surface area contributed by atoms with Gasteiger partial charge >= 0.3 is 8.80 Å². The average molecular weight is 467 g/mol. The van der Waals surface area contributed by atoms with Crippen LogP contribution in [0, 0.1) is 0 Å². The molecule has 1 aromatic carbocycles. The van der Waals surface area contributed by atoms with Gasteiger partial charge in [0, 0.05) is 32.5 Å². The molecule has 0 atom stereocenters. The molecular weight excluding hydrogens is 420 g/mol. The average Bonchev–Trinajstić information content (AvgIpc) is 2.81. The van der Waals surface area contributed by atoms with Crippen LogP contribution < -0.4 is 4.74 Å². The van der Waals surface area contributed by atoms with Crippen molar-refractivity contribution in [2.75, 3.05) is 33.0 Å². The lowest BCUT2D eigenvalue weighted by atomic mass is 9.83. The molecule has 1 aliphatic rings. The molecule has 0 radical (unpaired) electrons. The van der Waals surface area contributed by atoms with Crippen molar-refractivity contribution in [1.29, 1.82) is 0 Å². The summed E-state index contributed by atoms with van der Waals surface area (Å²) < 4.78 is 29.9. The lowest BCUT2D eigenvalue weighted by Crippen LogP contribution is -2.46. The van der Waals surface area contributed by atoms with Crippen molar-refractivity contribution in [3.8, 4) is 5.75 Å². The predicted molar refractivity (Wildman–Crippen MR) is 132 cm³/mol. The second-order valence-electron chi connectivity index (χ2n) is 8.55. The van der Waals surface area contributed by atoms with Gasteiger partial charge in [-0.1, -0.05) is 31.9 Å². The summed E-state index contributed by atoms with van der Waals surface area (Å²) >= 11 is 0. The van der Waals surface area contributed by atoms with E-state index in [1.54, 1.807) is 0 Å². The highest BCUT2D eigenvalue weighted by atomic mass is 28.4. The van der Waals surface area contributed by atoms with E-state index in [-0.39, 0.29) is 0 Å². The van der Waals surface area contributed by atoms with Crippen molar-refractivity contribution in [3.05, 3.63) is 29.8 Å². The maximum Gasteiger partial charge on any atom is 0.501 e. The highest BCUT2D eigenvalue weighted by molar-refractivity contribution is 6.60. The van der Waals surface area contributed by atoms with Gasteiger partial charge in [0.2, 0.25) is 0 Å². The van der Waals surface area contributed by atoms with Gasteiger partial charge in [-0.05, 0) is 82.9 Å². The Morgan fingerprint density at radius 2 is 1.38 bits per heavy atom. The van der Waals surface area contributed by atoms with Gasteiger partial charge in [-0.2, -0.15) is 0 Å². The molecule has 0 saturated heterocycles. The van der Waals surface area contributed by atoms with Crippen molar-refractivity contribution < 1.29 is 22.8 Å². The Hall–Kier alpha value is -0.923. The molecule has 0 aromatic heterocycles. The quantitative estimate of drug-likeness (QED) is 0.188. The van der Waals surface area contributed by atoms with Gasteiger partial charge in [0.1, 0.15) is 5.75 Å². The first kappa shape index (κ1) is 27.3. The van der Waals surface area contributed by atoms with Gasteiger partial charge < -0.3 is 22.8 Å². The molecule has 0 bridgehead atoms. The summed E-state index contributed by atoms with van der Waals surface area (Å²) in [5, 5.41) is 0. The van der Waals surface area contributed by atoms with Crippen LogP contribution >= 0.6 is 0 Å². The maximum absolute atomic E-state index is 6.22. The Kier molecular flexibility index (Phi) is 13.5. The van der Waals surface area contributed by atoms with E-state index in [2.05, 4.69) is 31.2 Å². The third kappa shape index (κ3) is 9.52. The molecule has 6 heteroatoms. The lowest BCUT2D eigenvalue weighted by molar-refractivity contribution is 0.0202. The van der Waals surface area contributed by atoms with Crippen LogP contribution in [-0.4, -0.2) is 47.9 Å². The molecule has 2 rings (SSSR count). The number of benzene rings is 1. The van der Waals surface area contributed by atoms with E-state index in [9.17, 15) is 0 Å². The zero-order chi connectivity index (χ0) is 23.1. The second kappa shape index (κ2) is 15.8. The SMILES string of the molecule is CCCCCOc1ccc(C2CCC(OCCC[Si](OCC)(OCC)OCC)CC2)cc1. The predicted octanol–water partition coefficient (Wildman–Crippen LogP) is 6.74. The molecule has 0 heterocycles. The van der Waals surface area contributed by atoms with E-state index in [1.807, 2.05) is 20.8 Å². The lowest BCUT2D eigenvalue weighted by Gasteiger charge is -2.30. The van der Waals surface area contributed by atoms with Crippen LogP contribution in [0.25, 0.3) is 0 Å². The topological polar surface area (TPSA) is 46.2 Å². The van der Waals surface area contributed by atoms with Crippen molar-refractivity contribution in [2.45, 2.75) is 97.1 Å². The maximum atomic E-state index is 6.22. The van der Waals surface area contributed by atoms with Crippen LogP contribution in [0.4, 0.5) is 0 Å². The molecule has 1 saturated carbocycles. The van der Waals surface area contributed by atoms with Crippen LogP contribution in [0.15, 0.2) is 24.3 Å². The van der Waals surface area contributed by atoms with Crippen LogP contribution in [0.5, 0.6) is 5.75 Å². The minimum absolute atomic E-state index is 0.370. The normalized spacial score (nSPS) is 19.2. The summed E-state index contributed by atoms with van der Waals surface area (Å²) in [4.78, 5) is 0. The van der Waals surface area contributed by atoms with Crippen molar-refractivity contribution in [2.24, 2.45) is 0 Å². The first-order valence-electron chi connectivity index (χ1n) is 12.9. The summed E-state index contributed by atoms with van der Waals surface area (Å²) in [7, 11) is -2.55. The zero-order valence-corrected chi connectivity index (χ0v) is 21.9. The van der Waals surface area contributed by atoms with E-state index < -0.39 is 8.80 Å². The van der Waals surface area contributed by atoms with Gasteiger partial charge in [-0.3, -0.25) is 0 Å². The summed E-state index contributed by atoms with van der Waals surface area (Å²) in [5.74, 6) is 1.63. The van der Waals surface area contributed by atoms with E-state index in [4.69, 9.17) is 22.8 Å². The van der Waals surface area contributed by atoms with Crippen LogP contribution in [0.1, 0.15) is 90.5 Å². The van der Waals surface area contributed by atoms with E-state index >= 15 is 0 Å². The minimum atomic E-state index is -2.55. The van der Waals surface area contributed by atoms with Gasteiger partial charge in [0.15, 0.2) is 0 Å². The van der Waals surface area contributed by atoms with Crippen molar-refractivity contribution in [3.63, 3.8) is 0 Å². The molecule has 0 N–H and O–H groups in total. The number of hydrogen-bond donors (Lipinski definition) is 0. The van der Waals surface area contributed by atoms with Gasteiger partial charge in [0.05, 0.1) is 12.7 Å². The van der Waals surface area contributed by atoms with Crippen LogP contribution in [0.3, 0.4) is 0 Å². The summed E-state index contributed by atoms with van der Waals surface area (Å²) in [6.07, 6.45) is 9.53. The summed E-state index contributed by atoms with van der Waals surface area (Å²) in [5.41, 5.74) is 1.44. The molecule has 1 aromatic rings. The monoisotopic (exact) mass is 466 g/mol. The molecular formula is C26H46O5Si. The second-order valence-corrected chi connectivity index (χ2v) is 11.3. The standard InChI is InChI=1S/C26H46O5Si/c1-5-9-10-20-27-25-16-12-23(13-17-25)24-14-18-26(19-15-24)28-21-11-22-32(29-6-2,30-7-3)31-8-4/h12-13,16-17,24,26H,5-11,14-15,18-22H2,1-4H3. The molecule has 1 fully saturated rings. The number of rotatable bonds is 17. The highest BCUT2D eigenvalue weighted by Gasteiger charge is 2.39. The molecule has 1 aliphatic carbocycles. The largest absolute Gasteiger partial charge is 0.501 e. The minimum Gasteiger partial charge on any atom is -0.494 e. The Morgan fingerprint density at radius 1 is 0.750 bits per heavy atom. The molecule has 184 valence electrons. The number of ether oxygens (including phenoxy) is 2. The fourth-order valence-electron chi connectivity index (χ4n) is 4.48. The molecule has 0 amide bonds. The third-order valence-corrected chi connectivity index (χ3v) is 9.27. The smallest absolute Gasteiger partial charge is 0.494 e. The third-order valence-electron chi connectivity index (χ3n) is 6.12. The Bertz CT molecular complexity index is 569. The van der Waals surface area contributed by atoms with Crippen LogP contribution in [0.2, 0.25) is 6.04 Å². The Labute approximate surface area is 197 Å². The van der Waals surface area contributed by atoms with E-state index in [0.717, 1.165) is 50.7 Å². The fourth-order valence-corrected chi connectivity index (χ4v) is 7.06. The molecule has 32 heavy (non-hydrogen) atoms. The summed E-state index contributed by atoms with van der Waals surface area (Å²) in [6, 6.07) is 9.59. The van der Waals surface area contributed by atoms with Gasteiger partial charge in [-0.25, -0.2) is 0 Å². The number of hydrogen-bond acceptors (Lipinski definition) is 5. The number of unbranched alkanes of at least 4 members (excludes halogenated alkanes) is 2. The Morgan fingerprint density at radius 3 is 1.94 bits per heavy atom. The zero-order valence-electron chi connectivity index (χ0n) is 20.9. The van der Waals surface area contributed by atoms with Gasteiger partial charge in [-0.15, -0.1) is 0 Å². The first-order valence-corrected chi connectivity index (χ1v) is 14.9. The Balaban J connectivity index is 1.68. The molecule has 0 unspecified atom stereocenters. The van der Waals surface area contributed by atoms with E-state index in [1.165, 1.54) is 31.2 Å². The molecule has 0 aliphatic heterocycles. The fraction of sp³-hybridized carbons (Fsp3) is 0.769. The first-order chi connectivity index (χ1) is 15.7. The highest BCUT2D eigenvalue weighted by Crippen LogP contribution is 2.35. The van der Waals surface area contributed by atoms with Crippen molar-refractivity contribution >= 4 is 8.80 Å². The van der Waals surface area contributed by atoms with Crippen LogP contribution in [-0.2, 0) is 18.0 Å². The van der Waals surface area contributed by atoms with Gasteiger partial charge in [0.25, 0.3) is 0 Å². The molecule has 0 spiro atoms. The van der Waals surface area contributed by atoms with Crippen molar-refractivity contribution in [1.82, 2.24) is 0 Å². The molecule has 5 nitrogen and oxygen atoms in total.